The first-order valence-corrected chi connectivity index (χ1v) is 7.07. The van der Waals surface area contributed by atoms with Gasteiger partial charge in [0.1, 0.15) is 18.1 Å². The van der Waals surface area contributed by atoms with E-state index in [1.807, 2.05) is 0 Å². The Kier molecular flexibility index (Phi) is 5.49. The van der Waals surface area contributed by atoms with Gasteiger partial charge in [-0.05, 0) is 48.6 Å². The van der Waals surface area contributed by atoms with E-state index in [0.29, 0.717) is 17.2 Å². The average molecular weight is 344 g/mol. The molecule has 0 radical (unpaired) electrons. The highest BCUT2D eigenvalue weighted by Crippen LogP contribution is 2.20. The predicted molar refractivity (Wildman–Crippen MR) is 84.4 cm³/mol. The van der Waals surface area contributed by atoms with Gasteiger partial charge in [0.05, 0.1) is 19.9 Å². The molecule has 124 valence electrons. The maximum Gasteiger partial charge on any atom is 0.406 e. The molecule has 0 saturated carbocycles. The first-order valence-electron chi connectivity index (χ1n) is 6.66. The van der Waals surface area contributed by atoms with Crippen molar-refractivity contribution in [2.45, 2.75) is 12.7 Å². The molecule has 2 aromatic rings. The molecule has 1 N–H and O–H groups in total. The van der Waals surface area contributed by atoms with Crippen LogP contribution in [0.2, 0.25) is 0 Å². The largest absolute Gasteiger partial charge is 0.497 e. The summed E-state index contributed by atoms with van der Waals surface area (Å²) in [6, 6.07) is 9.92. The van der Waals surface area contributed by atoms with Gasteiger partial charge in [-0.1, -0.05) is 0 Å². The van der Waals surface area contributed by atoms with Crippen LogP contribution in [0, 0.1) is 0 Å². The lowest BCUT2D eigenvalue weighted by Gasteiger charge is -2.26. The summed E-state index contributed by atoms with van der Waals surface area (Å²) in [5.74, 6) is 1.04. The lowest BCUT2D eigenvalue weighted by Crippen LogP contribution is -2.40. The number of nitrogens with one attached hydrogen (secondary N) is 1. The Bertz CT molecular complexity index is 627. The topological polar surface area (TPSA) is 37.6 Å². The molecule has 8 heteroatoms. The van der Waals surface area contributed by atoms with Crippen molar-refractivity contribution in [3.05, 3.63) is 48.4 Å². The summed E-state index contributed by atoms with van der Waals surface area (Å²) in [7, 11) is 1.53. The fraction of sp³-hybridized carbons (Fsp3) is 0.267. The monoisotopic (exact) mass is 344 g/mol. The van der Waals surface area contributed by atoms with Crippen LogP contribution in [0.1, 0.15) is 5.76 Å². The average Bonchev–Trinajstić information content (AvgIpc) is 2.99. The number of methoxy groups -OCH3 is 1. The van der Waals surface area contributed by atoms with E-state index < -0.39 is 12.7 Å². The second-order valence-electron chi connectivity index (χ2n) is 4.71. The van der Waals surface area contributed by atoms with Crippen LogP contribution in [0.4, 0.5) is 18.9 Å². The van der Waals surface area contributed by atoms with E-state index in [4.69, 9.17) is 21.4 Å². The first kappa shape index (κ1) is 17.1. The van der Waals surface area contributed by atoms with Crippen molar-refractivity contribution in [3.63, 3.8) is 0 Å². The van der Waals surface area contributed by atoms with Crippen molar-refractivity contribution in [3.8, 4) is 5.75 Å². The highest BCUT2D eigenvalue weighted by atomic mass is 32.1. The molecule has 23 heavy (non-hydrogen) atoms. The summed E-state index contributed by atoms with van der Waals surface area (Å²) in [5.41, 5.74) is 0.572. The third kappa shape index (κ3) is 5.48. The number of rotatable bonds is 5. The van der Waals surface area contributed by atoms with E-state index in [1.165, 1.54) is 13.4 Å². The summed E-state index contributed by atoms with van der Waals surface area (Å²) < 4.78 is 48.4. The summed E-state index contributed by atoms with van der Waals surface area (Å²) in [6.07, 6.45) is -2.97. The van der Waals surface area contributed by atoms with Crippen LogP contribution in [0.3, 0.4) is 0 Å². The van der Waals surface area contributed by atoms with Gasteiger partial charge in [-0.25, -0.2) is 0 Å². The van der Waals surface area contributed by atoms with E-state index in [1.54, 1.807) is 36.4 Å². The number of alkyl halides is 3. The smallest absolute Gasteiger partial charge is 0.406 e. The standard InChI is InChI=1S/C15H15F3N2O2S/c1-21-12-6-4-11(5-7-12)19-14(23)20(10-15(16,17)18)9-13-3-2-8-22-13/h2-8H,9-10H2,1H3,(H,19,23). The van der Waals surface area contributed by atoms with Crippen LogP contribution < -0.4 is 10.1 Å². The molecule has 0 aliphatic heterocycles. The number of benzene rings is 1. The van der Waals surface area contributed by atoms with Gasteiger partial charge in [-0.15, -0.1) is 0 Å². The van der Waals surface area contributed by atoms with E-state index in [0.717, 1.165) is 4.90 Å². The molecule has 0 bridgehead atoms. The molecule has 1 aromatic heterocycles. The second-order valence-corrected chi connectivity index (χ2v) is 5.10. The number of hydrogen-bond acceptors (Lipinski definition) is 3. The zero-order valence-corrected chi connectivity index (χ0v) is 13.1. The van der Waals surface area contributed by atoms with E-state index in [-0.39, 0.29) is 11.7 Å². The minimum Gasteiger partial charge on any atom is -0.497 e. The summed E-state index contributed by atoms with van der Waals surface area (Å²) in [5, 5.41) is 2.75. The Morgan fingerprint density at radius 2 is 1.96 bits per heavy atom. The Labute approximate surface area is 136 Å². The first-order chi connectivity index (χ1) is 10.9. The number of anilines is 1. The quantitative estimate of drug-likeness (QED) is 0.829. The number of halogens is 3. The third-order valence-electron chi connectivity index (χ3n) is 2.93. The normalized spacial score (nSPS) is 11.1. The van der Waals surface area contributed by atoms with Crippen LogP contribution in [-0.4, -0.2) is 29.8 Å². The summed E-state index contributed by atoms with van der Waals surface area (Å²) >= 11 is 5.10. The molecular weight excluding hydrogens is 329 g/mol. The van der Waals surface area contributed by atoms with E-state index in [9.17, 15) is 13.2 Å². The Morgan fingerprint density at radius 1 is 1.26 bits per heavy atom. The number of ether oxygens (including phenoxy) is 1. The molecule has 2 rings (SSSR count). The SMILES string of the molecule is COc1ccc(NC(=S)N(Cc2ccco2)CC(F)(F)F)cc1. The molecule has 1 aromatic carbocycles. The minimum atomic E-state index is -4.38. The van der Waals surface area contributed by atoms with E-state index >= 15 is 0 Å². The van der Waals surface area contributed by atoms with Gasteiger partial charge in [0.2, 0.25) is 0 Å². The fourth-order valence-corrected chi connectivity index (χ4v) is 2.13. The fourth-order valence-electron chi connectivity index (χ4n) is 1.88. The van der Waals surface area contributed by atoms with Gasteiger partial charge < -0.3 is 19.4 Å². The molecule has 0 atom stereocenters. The maximum absolute atomic E-state index is 12.8. The van der Waals surface area contributed by atoms with Crippen molar-refractivity contribution in [2.24, 2.45) is 0 Å². The Balaban J connectivity index is 2.08. The van der Waals surface area contributed by atoms with Crippen LogP contribution in [-0.2, 0) is 6.54 Å². The van der Waals surface area contributed by atoms with Crippen molar-refractivity contribution in [1.29, 1.82) is 0 Å². The van der Waals surface area contributed by atoms with Gasteiger partial charge >= 0.3 is 6.18 Å². The minimum absolute atomic E-state index is 0.0381. The summed E-state index contributed by atoms with van der Waals surface area (Å²) in [6.45, 7) is -1.25. The summed E-state index contributed by atoms with van der Waals surface area (Å²) in [4.78, 5) is 0.998. The third-order valence-corrected chi connectivity index (χ3v) is 3.29. The van der Waals surface area contributed by atoms with Crippen LogP contribution in [0.25, 0.3) is 0 Å². The zero-order chi connectivity index (χ0) is 16.9. The number of furan rings is 1. The van der Waals surface area contributed by atoms with Crippen molar-refractivity contribution in [2.75, 3.05) is 19.0 Å². The molecule has 4 nitrogen and oxygen atoms in total. The lowest BCUT2D eigenvalue weighted by atomic mass is 10.3. The molecule has 0 unspecified atom stereocenters. The number of thiocarbonyl (C=S) groups is 1. The molecule has 1 heterocycles. The zero-order valence-electron chi connectivity index (χ0n) is 12.3. The molecule has 0 spiro atoms. The predicted octanol–water partition coefficient (Wildman–Crippen LogP) is 4.05. The van der Waals surface area contributed by atoms with Crippen LogP contribution in [0.5, 0.6) is 5.75 Å². The molecular formula is C15H15F3N2O2S. The molecule has 0 amide bonds. The van der Waals surface area contributed by atoms with Crippen molar-refractivity contribution >= 4 is 23.0 Å². The molecule has 0 fully saturated rings. The van der Waals surface area contributed by atoms with E-state index in [2.05, 4.69) is 5.32 Å². The van der Waals surface area contributed by atoms with Gasteiger partial charge in [0.15, 0.2) is 5.11 Å². The molecule has 0 aliphatic carbocycles. The van der Waals surface area contributed by atoms with Crippen molar-refractivity contribution in [1.82, 2.24) is 4.90 Å². The second kappa shape index (κ2) is 7.36. The Morgan fingerprint density at radius 3 is 2.48 bits per heavy atom. The van der Waals surface area contributed by atoms with Gasteiger partial charge in [0.25, 0.3) is 0 Å². The van der Waals surface area contributed by atoms with Crippen molar-refractivity contribution < 1.29 is 22.3 Å². The highest BCUT2D eigenvalue weighted by molar-refractivity contribution is 7.80. The Hall–Kier alpha value is -2.22. The van der Waals surface area contributed by atoms with Gasteiger partial charge in [-0.3, -0.25) is 0 Å². The van der Waals surface area contributed by atoms with Crippen LogP contribution >= 0.6 is 12.2 Å². The highest BCUT2D eigenvalue weighted by Gasteiger charge is 2.32. The number of nitrogens with zero attached hydrogens (tertiary/aromatic N) is 1. The molecule has 0 saturated heterocycles. The van der Waals surface area contributed by atoms with Gasteiger partial charge in [0, 0.05) is 5.69 Å². The van der Waals surface area contributed by atoms with Crippen LogP contribution in [0.15, 0.2) is 47.1 Å². The lowest BCUT2D eigenvalue weighted by molar-refractivity contribution is -0.138. The molecule has 0 aliphatic rings. The number of hydrogen-bond donors (Lipinski definition) is 1. The maximum atomic E-state index is 12.8. The van der Waals surface area contributed by atoms with Gasteiger partial charge in [-0.2, -0.15) is 13.2 Å².